The molecule has 2 heteroatoms. The molecule has 0 aromatic heterocycles. The molecule has 9 heavy (non-hydrogen) atoms. The van der Waals surface area contributed by atoms with E-state index in [9.17, 15) is 4.79 Å². The Balaban J connectivity index is 3.32. The number of unbranched alkanes of at least 4 members (excludes halogenated alkanes) is 1. The van der Waals surface area contributed by atoms with Gasteiger partial charge < -0.3 is 5.32 Å². The molecular weight excluding hydrogens is 114 g/mol. The molecule has 1 N–H and O–H groups in total. The van der Waals surface area contributed by atoms with Gasteiger partial charge in [-0.3, -0.25) is 4.79 Å². The maximum absolute atomic E-state index is 10.5. The average Bonchev–Trinajstić information content (AvgIpc) is 1.89. The first-order valence-corrected chi connectivity index (χ1v) is 3.19. The topological polar surface area (TPSA) is 29.1 Å². The highest BCUT2D eigenvalue weighted by atomic mass is 16.1. The maximum atomic E-state index is 10.5. The Labute approximate surface area is 56.0 Å². The highest BCUT2D eigenvalue weighted by Crippen LogP contribution is 1.86. The molecule has 1 amide bonds. The Morgan fingerprint density at radius 1 is 1.67 bits per heavy atom. The average molecular weight is 127 g/mol. The lowest BCUT2D eigenvalue weighted by Gasteiger charge is -1.87. The first-order valence-electron chi connectivity index (χ1n) is 3.19. The van der Waals surface area contributed by atoms with Crippen molar-refractivity contribution in [2.24, 2.45) is 0 Å². The summed E-state index contributed by atoms with van der Waals surface area (Å²) in [5.74, 6) is -0.0246. The molecule has 0 aliphatic heterocycles. The molecular formula is C7H13NO. The van der Waals surface area contributed by atoms with Crippen LogP contribution >= 0.6 is 0 Å². The van der Waals surface area contributed by atoms with Gasteiger partial charge in [0.2, 0.25) is 5.91 Å². The maximum Gasteiger partial charge on any atom is 0.243 e. The Morgan fingerprint density at radius 2 is 2.33 bits per heavy atom. The second-order valence-electron chi connectivity index (χ2n) is 1.81. The molecule has 0 aliphatic carbocycles. The second kappa shape index (κ2) is 5.35. The van der Waals surface area contributed by atoms with Gasteiger partial charge in [0.15, 0.2) is 0 Å². The molecule has 0 unspecified atom stereocenters. The van der Waals surface area contributed by atoms with E-state index >= 15 is 0 Å². The summed E-state index contributed by atoms with van der Waals surface area (Å²) < 4.78 is 0. The fourth-order valence-electron chi connectivity index (χ4n) is 0.440. The van der Waals surface area contributed by atoms with Crippen LogP contribution in [0.1, 0.15) is 19.8 Å². The van der Waals surface area contributed by atoms with Gasteiger partial charge in [0.1, 0.15) is 0 Å². The molecule has 0 rings (SSSR count). The summed E-state index contributed by atoms with van der Waals surface area (Å²) in [5.41, 5.74) is 0. The standard InChI is InChI=1S/C7H13NO/c1-3-4-5-6-7(9)8-2/h5-6H,3-4H2,1-2H3,(H,8,9). The molecule has 0 saturated carbocycles. The van der Waals surface area contributed by atoms with Crippen molar-refractivity contribution >= 4 is 5.91 Å². The highest BCUT2D eigenvalue weighted by molar-refractivity contribution is 5.87. The van der Waals surface area contributed by atoms with Gasteiger partial charge in [-0.05, 0) is 12.5 Å². The van der Waals surface area contributed by atoms with Crippen LogP contribution in [-0.4, -0.2) is 13.0 Å². The summed E-state index contributed by atoms with van der Waals surface area (Å²) in [6, 6.07) is 0. The highest BCUT2D eigenvalue weighted by Gasteiger charge is 1.84. The van der Waals surface area contributed by atoms with Gasteiger partial charge in [0.25, 0.3) is 0 Å². The zero-order valence-electron chi connectivity index (χ0n) is 5.98. The van der Waals surface area contributed by atoms with Crippen LogP contribution in [0.2, 0.25) is 0 Å². The van der Waals surface area contributed by atoms with E-state index in [0.717, 1.165) is 12.8 Å². The third kappa shape index (κ3) is 5.07. The van der Waals surface area contributed by atoms with E-state index in [1.165, 1.54) is 0 Å². The van der Waals surface area contributed by atoms with Crippen molar-refractivity contribution in [3.8, 4) is 0 Å². The van der Waals surface area contributed by atoms with Gasteiger partial charge in [0.05, 0.1) is 0 Å². The minimum absolute atomic E-state index is 0.0246. The fourth-order valence-corrected chi connectivity index (χ4v) is 0.440. The van der Waals surface area contributed by atoms with E-state index in [-0.39, 0.29) is 5.91 Å². The Morgan fingerprint density at radius 3 is 2.78 bits per heavy atom. The smallest absolute Gasteiger partial charge is 0.243 e. The Kier molecular flexibility index (Phi) is 4.88. The first kappa shape index (κ1) is 8.21. The zero-order valence-corrected chi connectivity index (χ0v) is 5.98. The number of rotatable bonds is 3. The van der Waals surface area contributed by atoms with Crippen LogP contribution in [0.5, 0.6) is 0 Å². The number of carbonyl (C=O) groups is 1. The van der Waals surface area contributed by atoms with E-state index < -0.39 is 0 Å². The van der Waals surface area contributed by atoms with Crippen molar-refractivity contribution in [3.05, 3.63) is 12.2 Å². The molecule has 0 atom stereocenters. The van der Waals surface area contributed by atoms with Crippen LogP contribution < -0.4 is 5.32 Å². The molecule has 52 valence electrons. The Hall–Kier alpha value is -0.790. The predicted octanol–water partition coefficient (Wildman–Crippen LogP) is 1.09. The number of hydrogen-bond acceptors (Lipinski definition) is 1. The quantitative estimate of drug-likeness (QED) is 0.565. The molecule has 0 saturated heterocycles. The SMILES string of the molecule is CCCC=CC(=O)NC. The number of likely N-dealkylation sites (N-methyl/N-ethyl adjacent to an activating group) is 1. The minimum atomic E-state index is -0.0246. The van der Waals surface area contributed by atoms with E-state index in [1.807, 2.05) is 6.08 Å². The molecule has 0 radical (unpaired) electrons. The van der Waals surface area contributed by atoms with Gasteiger partial charge in [-0.1, -0.05) is 19.4 Å². The van der Waals surface area contributed by atoms with Crippen LogP contribution in [0.15, 0.2) is 12.2 Å². The molecule has 0 bridgehead atoms. The van der Waals surface area contributed by atoms with Crippen molar-refractivity contribution in [1.82, 2.24) is 5.32 Å². The van der Waals surface area contributed by atoms with Crippen molar-refractivity contribution in [1.29, 1.82) is 0 Å². The van der Waals surface area contributed by atoms with Crippen molar-refractivity contribution in [3.63, 3.8) is 0 Å². The van der Waals surface area contributed by atoms with Crippen molar-refractivity contribution in [2.45, 2.75) is 19.8 Å². The van der Waals surface area contributed by atoms with Crippen LogP contribution in [0.4, 0.5) is 0 Å². The fraction of sp³-hybridized carbons (Fsp3) is 0.571. The molecule has 0 fully saturated rings. The van der Waals surface area contributed by atoms with Crippen molar-refractivity contribution < 1.29 is 4.79 Å². The summed E-state index contributed by atoms with van der Waals surface area (Å²) >= 11 is 0. The van der Waals surface area contributed by atoms with E-state index in [1.54, 1.807) is 13.1 Å². The predicted molar refractivity (Wildman–Crippen MR) is 38.1 cm³/mol. The van der Waals surface area contributed by atoms with Gasteiger partial charge in [-0.15, -0.1) is 0 Å². The first-order chi connectivity index (χ1) is 4.31. The molecule has 0 heterocycles. The number of hydrogen-bond donors (Lipinski definition) is 1. The number of carbonyl (C=O) groups excluding carboxylic acids is 1. The molecule has 0 aliphatic rings. The molecule has 0 spiro atoms. The van der Waals surface area contributed by atoms with Crippen LogP contribution in [0, 0.1) is 0 Å². The van der Waals surface area contributed by atoms with Gasteiger partial charge >= 0.3 is 0 Å². The summed E-state index contributed by atoms with van der Waals surface area (Å²) in [4.78, 5) is 10.5. The van der Waals surface area contributed by atoms with Gasteiger partial charge in [-0.25, -0.2) is 0 Å². The van der Waals surface area contributed by atoms with Crippen LogP contribution in [0.25, 0.3) is 0 Å². The zero-order chi connectivity index (χ0) is 7.11. The summed E-state index contributed by atoms with van der Waals surface area (Å²) in [7, 11) is 1.62. The molecule has 0 aromatic rings. The molecule has 2 nitrogen and oxygen atoms in total. The van der Waals surface area contributed by atoms with E-state index in [0.29, 0.717) is 0 Å². The van der Waals surface area contributed by atoms with Gasteiger partial charge in [0, 0.05) is 7.05 Å². The number of nitrogens with one attached hydrogen (secondary N) is 1. The Bertz CT molecular complexity index is 107. The van der Waals surface area contributed by atoms with E-state index in [4.69, 9.17) is 0 Å². The minimum Gasteiger partial charge on any atom is -0.356 e. The second-order valence-corrected chi connectivity index (χ2v) is 1.81. The van der Waals surface area contributed by atoms with E-state index in [2.05, 4.69) is 12.2 Å². The van der Waals surface area contributed by atoms with Crippen LogP contribution in [-0.2, 0) is 4.79 Å². The number of amides is 1. The van der Waals surface area contributed by atoms with Gasteiger partial charge in [-0.2, -0.15) is 0 Å². The monoisotopic (exact) mass is 127 g/mol. The summed E-state index contributed by atoms with van der Waals surface area (Å²) in [6.07, 6.45) is 5.50. The molecule has 0 aromatic carbocycles. The third-order valence-corrected chi connectivity index (χ3v) is 0.971. The lowest BCUT2D eigenvalue weighted by atomic mass is 10.3. The lowest BCUT2D eigenvalue weighted by molar-refractivity contribution is -0.116. The summed E-state index contributed by atoms with van der Waals surface area (Å²) in [6.45, 7) is 2.08. The number of allylic oxidation sites excluding steroid dienone is 1. The van der Waals surface area contributed by atoms with Crippen LogP contribution in [0.3, 0.4) is 0 Å². The largest absolute Gasteiger partial charge is 0.356 e. The summed E-state index contributed by atoms with van der Waals surface area (Å²) in [5, 5.41) is 2.50. The normalized spacial score (nSPS) is 10.0. The van der Waals surface area contributed by atoms with Crippen molar-refractivity contribution in [2.75, 3.05) is 7.05 Å². The third-order valence-electron chi connectivity index (χ3n) is 0.971. The lowest BCUT2D eigenvalue weighted by Crippen LogP contribution is -2.13.